The lowest BCUT2D eigenvalue weighted by atomic mass is 9.53. The van der Waals surface area contributed by atoms with Crippen LogP contribution in [0.5, 0.6) is 0 Å². The maximum atomic E-state index is 11.9. The largest absolute Gasteiger partial charge is 0.481 e. The fourth-order valence-electron chi connectivity index (χ4n) is 5.97. The molecule has 2 N–H and O–H groups in total. The maximum absolute atomic E-state index is 11.9. The van der Waals surface area contributed by atoms with Gasteiger partial charge in [-0.15, -0.1) is 0 Å². The van der Waals surface area contributed by atoms with Gasteiger partial charge in [-0.2, -0.15) is 0 Å². The Balaban J connectivity index is 2.21. The number of carbonyl (C=O) groups is 1. The van der Waals surface area contributed by atoms with Crippen molar-refractivity contribution >= 4 is 5.97 Å². The Morgan fingerprint density at radius 2 is 1.54 bits per heavy atom. The van der Waals surface area contributed by atoms with Gasteiger partial charge < -0.3 is 10.2 Å². The summed E-state index contributed by atoms with van der Waals surface area (Å²) in [7, 11) is 0. The molecule has 0 aromatic rings. The molecular weight excluding hydrogens is 326 g/mol. The summed E-state index contributed by atoms with van der Waals surface area (Å²) in [4.78, 5) is 14.0. The maximum Gasteiger partial charge on any atom is 0.309 e. The lowest BCUT2D eigenvalue weighted by Gasteiger charge is -2.61. The zero-order valence-electron chi connectivity index (χ0n) is 18.1. The second-order valence-corrected chi connectivity index (χ2v) is 11.2. The van der Waals surface area contributed by atoms with Crippen LogP contribution in [-0.2, 0) is 4.79 Å². The quantitative estimate of drug-likeness (QED) is 0.739. The normalized spacial score (nSPS) is 30.2. The summed E-state index contributed by atoms with van der Waals surface area (Å²) < 4.78 is 0. The van der Waals surface area contributed by atoms with E-state index in [1.165, 1.54) is 19.3 Å². The van der Waals surface area contributed by atoms with Crippen molar-refractivity contribution in [2.45, 2.75) is 105 Å². The summed E-state index contributed by atoms with van der Waals surface area (Å²) in [5, 5.41) is 21.4. The molecule has 2 aliphatic rings. The Morgan fingerprint density at radius 1 is 1.00 bits per heavy atom. The van der Waals surface area contributed by atoms with E-state index < -0.39 is 17.0 Å². The molecule has 2 fully saturated rings. The van der Waals surface area contributed by atoms with Crippen molar-refractivity contribution in [3.63, 3.8) is 0 Å². The third kappa shape index (κ3) is 3.69. The highest BCUT2D eigenvalue weighted by molar-refractivity contribution is 5.73. The van der Waals surface area contributed by atoms with Crippen molar-refractivity contribution < 1.29 is 15.0 Å². The topological polar surface area (TPSA) is 60.8 Å². The predicted octanol–water partition coefficient (Wildman–Crippen LogP) is 4.70. The van der Waals surface area contributed by atoms with Gasteiger partial charge in [0.05, 0.1) is 11.0 Å². The lowest BCUT2D eigenvalue weighted by Crippen LogP contribution is -2.67. The van der Waals surface area contributed by atoms with E-state index in [1.807, 2.05) is 13.8 Å². The number of hydrogen-bond acceptors (Lipinski definition) is 3. The first-order valence-electron chi connectivity index (χ1n) is 10.4. The summed E-state index contributed by atoms with van der Waals surface area (Å²) in [6.45, 7) is 16.3. The van der Waals surface area contributed by atoms with E-state index in [-0.39, 0.29) is 16.4 Å². The average Bonchev–Trinajstić information content (AvgIpc) is 2.49. The van der Waals surface area contributed by atoms with Gasteiger partial charge in [0, 0.05) is 24.0 Å². The van der Waals surface area contributed by atoms with Crippen LogP contribution < -0.4 is 0 Å². The van der Waals surface area contributed by atoms with E-state index in [9.17, 15) is 15.0 Å². The monoisotopic (exact) mass is 367 g/mol. The molecule has 0 aromatic heterocycles. The van der Waals surface area contributed by atoms with Crippen LogP contribution in [0.4, 0.5) is 0 Å². The molecule has 0 aromatic carbocycles. The minimum Gasteiger partial charge on any atom is -0.481 e. The Bertz CT molecular complexity index is 532. The van der Waals surface area contributed by atoms with Crippen LogP contribution >= 0.6 is 0 Å². The number of aliphatic carboxylic acids is 1. The highest BCUT2D eigenvalue weighted by Gasteiger charge is 2.59. The summed E-state index contributed by atoms with van der Waals surface area (Å²) in [5.74, 6) is -0.743. The van der Waals surface area contributed by atoms with Gasteiger partial charge >= 0.3 is 5.97 Å². The fourth-order valence-corrected chi connectivity index (χ4v) is 5.97. The number of rotatable bonds is 5. The molecule has 4 heteroatoms. The van der Waals surface area contributed by atoms with Crippen molar-refractivity contribution in [1.82, 2.24) is 4.90 Å². The molecule has 1 aliphatic carbocycles. The van der Waals surface area contributed by atoms with Gasteiger partial charge in [0.15, 0.2) is 0 Å². The molecule has 1 saturated carbocycles. The van der Waals surface area contributed by atoms with Crippen molar-refractivity contribution in [2.24, 2.45) is 16.2 Å². The molecule has 1 heterocycles. The Morgan fingerprint density at radius 3 is 2.00 bits per heavy atom. The van der Waals surface area contributed by atoms with Gasteiger partial charge in [-0.05, 0) is 58.8 Å². The van der Waals surface area contributed by atoms with Crippen molar-refractivity contribution in [3.8, 4) is 0 Å². The van der Waals surface area contributed by atoms with E-state index in [2.05, 4.69) is 39.5 Å². The molecule has 1 saturated heterocycles. The second kappa shape index (κ2) is 6.77. The first-order valence-corrected chi connectivity index (χ1v) is 10.4. The minimum absolute atomic E-state index is 0.00861. The summed E-state index contributed by atoms with van der Waals surface area (Å²) in [6, 6.07) is 0. The Labute approximate surface area is 160 Å². The zero-order chi connectivity index (χ0) is 20.0. The molecule has 0 radical (unpaired) electrons. The fraction of sp³-hybridized carbons (Fsp3) is 0.955. The van der Waals surface area contributed by atoms with Gasteiger partial charge in [-0.25, -0.2) is 0 Å². The summed E-state index contributed by atoms with van der Waals surface area (Å²) in [5.41, 5.74) is -1.85. The molecule has 1 unspecified atom stereocenters. The molecule has 1 atom stereocenters. The SMILES string of the molecule is CC(C)(CC(C)(C)N1CCC(O)(C2(C)CCCCC2)C(C)(C)C1)C(=O)O. The van der Waals surface area contributed by atoms with Gasteiger partial charge in [-0.3, -0.25) is 9.69 Å². The lowest BCUT2D eigenvalue weighted by molar-refractivity contribution is -0.210. The number of hydrogen-bond donors (Lipinski definition) is 2. The average molecular weight is 368 g/mol. The standard InChI is InChI=1S/C22H41NO3/c1-18(2,17(24)25)15-20(5,6)23-14-13-22(26,19(3,4)16-23)21(7)11-9-8-10-12-21/h26H,8-16H2,1-7H3,(H,24,25). The van der Waals surface area contributed by atoms with E-state index >= 15 is 0 Å². The number of carboxylic acid groups (broad SMARTS) is 1. The second-order valence-electron chi connectivity index (χ2n) is 11.2. The van der Waals surface area contributed by atoms with Crippen LogP contribution in [0.25, 0.3) is 0 Å². The van der Waals surface area contributed by atoms with Crippen LogP contribution in [0.3, 0.4) is 0 Å². The van der Waals surface area contributed by atoms with Gasteiger partial charge in [-0.1, -0.05) is 40.0 Å². The van der Waals surface area contributed by atoms with E-state index in [0.717, 1.165) is 32.4 Å². The summed E-state index contributed by atoms with van der Waals surface area (Å²) >= 11 is 0. The number of likely N-dealkylation sites (tertiary alicyclic amines) is 1. The highest BCUT2D eigenvalue weighted by atomic mass is 16.4. The predicted molar refractivity (Wildman–Crippen MR) is 106 cm³/mol. The van der Waals surface area contributed by atoms with Crippen molar-refractivity contribution in [3.05, 3.63) is 0 Å². The van der Waals surface area contributed by atoms with E-state index in [0.29, 0.717) is 6.42 Å². The van der Waals surface area contributed by atoms with Crippen LogP contribution in [-0.4, -0.2) is 45.3 Å². The molecule has 0 amide bonds. The third-order valence-electron chi connectivity index (χ3n) is 7.71. The van der Waals surface area contributed by atoms with Crippen molar-refractivity contribution in [1.29, 1.82) is 0 Å². The number of carboxylic acids is 1. The van der Waals surface area contributed by atoms with Crippen molar-refractivity contribution in [2.75, 3.05) is 13.1 Å². The first-order chi connectivity index (χ1) is 11.7. The molecule has 4 nitrogen and oxygen atoms in total. The van der Waals surface area contributed by atoms with Crippen LogP contribution in [0, 0.1) is 16.2 Å². The number of nitrogens with zero attached hydrogens (tertiary/aromatic N) is 1. The highest BCUT2D eigenvalue weighted by Crippen LogP contribution is 2.56. The third-order valence-corrected chi connectivity index (χ3v) is 7.71. The van der Waals surface area contributed by atoms with E-state index in [1.54, 1.807) is 0 Å². The molecule has 0 spiro atoms. The van der Waals surface area contributed by atoms with Gasteiger partial charge in [0.1, 0.15) is 0 Å². The van der Waals surface area contributed by atoms with Crippen LogP contribution in [0.15, 0.2) is 0 Å². The summed E-state index contributed by atoms with van der Waals surface area (Å²) in [6.07, 6.45) is 7.32. The molecular formula is C22H41NO3. The Hall–Kier alpha value is -0.610. The smallest absolute Gasteiger partial charge is 0.309 e. The van der Waals surface area contributed by atoms with Gasteiger partial charge in [0.25, 0.3) is 0 Å². The molecule has 152 valence electrons. The number of piperidine rings is 1. The first kappa shape index (κ1) is 21.7. The number of aliphatic hydroxyl groups is 1. The molecule has 2 rings (SSSR count). The zero-order valence-corrected chi connectivity index (χ0v) is 18.1. The molecule has 26 heavy (non-hydrogen) atoms. The Kier molecular flexibility index (Phi) is 5.65. The van der Waals surface area contributed by atoms with Crippen LogP contribution in [0.2, 0.25) is 0 Å². The molecule has 0 bridgehead atoms. The van der Waals surface area contributed by atoms with Crippen LogP contribution in [0.1, 0.15) is 93.4 Å². The minimum atomic E-state index is -0.753. The van der Waals surface area contributed by atoms with E-state index in [4.69, 9.17) is 0 Å². The van der Waals surface area contributed by atoms with Gasteiger partial charge in [0.2, 0.25) is 0 Å². The molecule has 1 aliphatic heterocycles.